The van der Waals surface area contributed by atoms with E-state index in [0.717, 1.165) is 18.7 Å². The highest BCUT2D eigenvalue weighted by atomic mass is 19.1. The number of benzene rings is 1. The second-order valence-corrected chi connectivity index (χ2v) is 6.11. The Morgan fingerprint density at radius 1 is 1.35 bits per heavy atom. The SMILES string of the molecule is CC(C(N)c1ccc(F)cc1)N1CCCC1CN(C)C. The van der Waals surface area contributed by atoms with E-state index in [4.69, 9.17) is 5.73 Å². The average Bonchev–Trinajstić information content (AvgIpc) is 2.85. The van der Waals surface area contributed by atoms with Crippen LogP contribution < -0.4 is 5.73 Å². The third kappa shape index (κ3) is 3.57. The fourth-order valence-electron chi connectivity index (χ4n) is 3.18. The molecule has 1 heterocycles. The predicted octanol–water partition coefficient (Wildman–Crippen LogP) is 2.24. The number of nitrogens with zero attached hydrogens (tertiary/aromatic N) is 2. The topological polar surface area (TPSA) is 32.5 Å². The maximum Gasteiger partial charge on any atom is 0.123 e. The molecule has 1 fully saturated rings. The molecule has 1 aromatic carbocycles. The molecule has 3 nitrogen and oxygen atoms in total. The summed E-state index contributed by atoms with van der Waals surface area (Å²) in [6.45, 7) is 4.36. The highest BCUT2D eigenvalue weighted by Gasteiger charge is 2.31. The summed E-state index contributed by atoms with van der Waals surface area (Å²) in [5.74, 6) is -0.208. The zero-order chi connectivity index (χ0) is 14.7. The predicted molar refractivity (Wildman–Crippen MR) is 81.1 cm³/mol. The standard InChI is InChI=1S/C16H26FN3/c1-12(16(18)13-6-8-14(17)9-7-13)20-10-4-5-15(20)11-19(2)3/h6-9,12,15-16H,4-5,10-11,18H2,1-3H3. The van der Waals surface area contributed by atoms with Crippen molar-refractivity contribution >= 4 is 0 Å². The molecular weight excluding hydrogens is 253 g/mol. The normalized spacial score (nSPS) is 23.2. The van der Waals surface area contributed by atoms with Crippen molar-refractivity contribution < 1.29 is 4.39 Å². The molecule has 4 heteroatoms. The van der Waals surface area contributed by atoms with Gasteiger partial charge in [-0.05, 0) is 58.1 Å². The molecule has 1 aromatic rings. The van der Waals surface area contributed by atoms with E-state index in [1.54, 1.807) is 12.1 Å². The van der Waals surface area contributed by atoms with Crippen LogP contribution in [0.1, 0.15) is 31.4 Å². The Balaban J connectivity index is 2.05. The Kier molecular flexibility index (Phi) is 5.13. The van der Waals surface area contributed by atoms with Crippen molar-refractivity contribution in [3.05, 3.63) is 35.6 Å². The van der Waals surface area contributed by atoms with Crippen LogP contribution in [0.5, 0.6) is 0 Å². The van der Waals surface area contributed by atoms with E-state index in [-0.39, 0.29) is 17.9 Å². The fraction of sp³-hybridized carbons (Fsp3) is 0.625. The van der Waals surface area contributed by atoms with Crippen LogP contribution in [0.2, 0.25) is 0 Å². The van der Waals surface area contributed by atoms with Crippen LogP contribution >= 0.6 is 0 Å². The van der Waals surface area contributed by atoms with Gasteiger partial charge in [0.15, 0.2) is 0 Å². The van der Waals surface area contributed by atoms with Gasteiger partial charge in [0.1, 0.15) is 5.82 Å². The Morgan fingerprint density at radius 3 is 2.60 bits per heavy atom. The lowest BCUT2D eigenvalue weighted by Crippen LogP contribution is -2.46. The van der Waals surface area contributed by atoms with Crippen molar-refractivity contribution in [2.45, 2.75) is 37.9 Å². The van der Waals surface area contributed by atoms with E-state index in [1.807, 2.05) is 0 Å². The summed E-state index contributed by atoms with van der Waals surface area (Å²) in [5.41, 5.74) is 7.39. The van der Waals surface area contributed by atoms with Crippen LogP contribution in [-0.2, 0) is 0 Å². The average molecular weight is 279 g/mol. The number of halogens is 1. The Hall–Kier alpha value is -0.970. The Bertz CT molecular complexity index is 418. The van der Waals surface area contributed by atoms with Crippen LogP contribution in [0.3, 0.4) is 0 Å². The molecule has 112 valence electrons. The fourth-order valence-corrected chi connectivity index (χ4v) is 3.18. The molecule has 0 amide bonds. The Morgan fingerprint density at radius 2 is 2.00 bits per heavy atom. The molecule has 0 aliphatic carbocycles. The number of rotatable bonds is 5. The van der Waals surface area contributed by atoms with Crippen molar-refractivity contribution in [1.29, 1.82) is 0 Å². The number of likely N-dealkylation sites (N-methyl/N-ethyl adjacent to an activating group) is 1. The van der Waals surface area contributed by atoms with E-state index in [2.05, 4.69) is 30.8 Å². The first kappa shape index (κ1) is 15.4. The van der Waals surface area contributed by atoms with Crippen molar-refractivity contribution in [2.75, 3.05) is 27.2 Å². The summed E-state index contributed by atoms with van der Waals surface area (Å²) in [6.07, 6.45) is 2.47. The number of likely N-dealkylation sites (tertiary alicyclic amines) is 1. The van der Waals surface area contributed by atoms with Gasteiger partial charge in [0.2, 0.25) is 0 Å². The molecular formula is C16H26FN3. The summed E-state index contributed by atoms with van der Waals surface area (Å²) in [4.78, 5) is 4.74. The van der Waals surface area contributed by atoms with Crippen molar-refractivity contribution in [3.63, 3.8) is 0 Å². The van der Waals surface area contributed by atoms with Crippen molar-refractivity contribution in [3.8, 4) is 0 Å². The van der Waals surface area contributed by atoms with Crippen molar-refractivity contribution in [2.24, 2.45) is 5.73 Å². The quantitative estimate of drug-likeness (QED) is 0.897. The summed E-state index contributed by atoms with van der Waals surface area (Å²) >= 11 is 0. The number of hydrogen-bond acceptors (Lipinski definition) is 3. The number of nitrogens with two attached hydrogens (primary N) is 1. The molecule has 0 saturated carbocycles. The van der Waals surface area contributed by atoms with Crippen LogP contribution in [0.15, 0.2) is 24.3 Å². The van der Waals surface area contributed by atoms with Crippen LogP contribution in [0, 0.1) is 5.82 Å². The van der Waals surface area contributed by atoms with Gasteiger partial charge in [0.25, 0.3) is 0 Å². The van der Waals surface area contributed by atoms with E-state index in [0.29, 0.717) is 6.04 Å². The maximum absolute atomic E-state index is 13.0. The Labute approximate surface area is 121 Å². The summed E-state index contributed by atoms with van der Waals surface area (Å²) in [7, 11) is 4.22. The maximum atomic E-state index is 13.0. The lowest BCUT2D eigenvalue weighted by Gasteiger charge is -2.35. The third-order valence-electron chi connectivity index (χ3n) is 4.30. The van der Waals surface area contributed by atoms with Gasteiger partial charge < -0.3 is 10.6 Å². The summed E-state index contributed by atoms with van der Waals surface area (Å²) in [6, 6.07) is 7.35. The molecule has 0 bridgehead atoms. The van der Waals surface area contributed by atoms with Gasteiger partial charge >= 0.3 is 0 Å². The largest absolute Gasteiger partial charge is 0.323 e. The van der Waals surface area contributed by atoms with Gasteiger partial charge in [0.05, 0.1) is 0 Å². The van der Waals surface area contributed by atoms with Crippen LogP contribution in [0.25, 0.3) is 0 Å². The minimum atomic E-state index is -0.208. The van der Waals surface area contributed by atoms with Gasteiger partial charge in [-0.3, -0.25) is 4.90 Å². The molecule has 3 atom stereocenters. The van der Waals surface area contributed by atoms with E-state index in [9.17, 15) is 4.39 Å². The second kappa shape index (κ2) is 6.66. The highest BCUT2D eigenvalue weighted by molar-refractivity contribution is 5.21. The van der Waals surface area contributed by atoms with Crippen LogP contribution in [0.4, 0.5) is 4.39 Å². The van der Waals surface area contributed by atoms with E-state index in [1.165, 1.54) is 25.0 Å². The smallest absolute Gasteiger partial charge is 0.123 e. The molecule has 1 aliphatic rings. The molecule has 2 N–H and O–H groups in total. The number of hydrogen-bond donors (Lipinski definition) is 1. The van der Waals surface area contributed by atoms with Gasteiger partial charge in [-0.2, -0.15) is 0 Å². The van der Waals surface area contributed by atoms with Gasteiger partial charge in [-0.15, -0.1) is 0 Å². The molecule has 3 unspecified atom stereocenters. The molecule has 1 aliphatic heterocycles. The van der Waals surface area contributed by atoms with Gasteiger partial charge in [-0.25, -0.2) is 4.39 Å². The molecule has 2 rings (SSSR count). The zero-order valence-corrected chi connectivity index (χ0v) is 12.7. The van der Waals surface area contributed by atoms with Crippen LogP contribution in [-0.4, -0.2) is 49.1 Å². The van der Waals surface area contributed by atoms with E-state index >= 15 is 0 Å². The lowest BCUT2D eigenvalue weighted by atomic mass is 9.99. The molecule has 0 aromatic heterocycles. The highest BCUT2D eigenvalue weighted by Crippen LogP contribution is 2.26. The molecule has 20 heavy (non-hydrogen) atoms. The lowest BCUT2D eigenvalue weighted by molar-refractivity contribution is 0.144. The first-order chi connectivity index (χ1) is 9.49. The first-order valence-corrected chi connectivity index (χ1v) is 7.40. The summed E-state index contributed by atoms with van der Waals surface area (Å²) < 4.78 is 13.0. The monoisotopic (exact) mass is 279 g/mol. The zero-order valence-electron chi connectivity index (χ0n) is 12.7. The van der Waals surface area contributed by atoms with Gasteiger partial charge in [0, 0.05) is 24.7 Å². The van der Waals surface area contributed by atoms with E-state index < -0.39 is 0 Å². The summed E-state index contributed by atoms with van der Waals surface area (Å²) in [5, 5.41) is 0. The minimum Gasteiger partial charge on any atom is -0.323 e. The second-order valence-electron chi connectivity index (χ2n) is 6.11. The molecule has 0 spiro atoms. The van der Waals surface area contributed by atoms with Gasteiger partial charge in [-0.1, -0.05) is 12.1 Å². The van der Waals surface area contributed by atoms with Crippen molar-refractivity contribution in [1.82, 2.24) is 9.80 Å². The first-order valence-electron chi connectivity index (χ1n) is 7.40. The third-order valence-corrected chi connectivity index (χ3v) is 4.30. The molecule has 0 radical (unpaired) electrons. The minimum absolute atomic E-state index is 0.0710. The molecule has 1 saturated heterocycles.